The Balaban J connectivity index is 0. The van der Waals surface area contributed by atoms with Crippen molar-refractivity contribution in [3.8, 4) is 0 Å². The molecule has 35 heavy (non-hydrogen) atoms. The number of hydrogen-bond donors (Lipinski definition) is 3. The van der Waals surface area contributed by atoms with Gasteiger partial charge in [0.1, 0.15) is 11.5 Å². The fourth-order valence-electron chi connectivity index (χ4n) is 3.54. The van der Waals surface area contributed by atoms with Gasteiger partial charge in [-0.15, -0.1) is 0 Å². The summed E-state index contributed by atoms with van der Waals surface area (Å²) in [5.41, 5.74) is 4.81. The highest BCUT2D eigenvalue weighted by molar-refractivity contribution is 5.58. The third-order valence-electron chi connectivity index (χ3n) is 4.74. The Morgan fingerprint density at radius 2 is 1.63 bits per heavy atom. The van der Waals surface area contributed by atoms with Gasteiger partial charge in [-0.2, -0.15) is 0 Å². The first-order chi connectivity index (χ1) is 16.5. The number of ether oxygens (including phenoxy) is 2. The van der Waals surface area contributed by atoms with E-state index in [2.05, 4.69) is 25.4 Å². The van der Waals surface area contributed by atoms with Gasteiger partial charge in [0, 0.05) is 49.2 Å². The van der Waals surface area contributed by atoms with Crippen LogP contribution in [0.3, 0.4) is 0 Å². The molecule has 0 fully saturated rings. The van der Waals surface area contributed by atoms with Crippen LogP contribution in [0.15, 0.2) is 71.5 Å². The Hall–Kier alpha value is -2.70. The van der Waals surface area contributed by atoms with Gasteiger partial charge < -0.3 is 19.9 Å². The standard InChI is InChI=1S/C21H28N2O3.C4H10O.2C2H6/c1-12(2)26-16(6)20-14(4)22-13(3)19(15(5)24)21(20)17-9-8-10-18(11-17)23(7)25;1-3-4-5-2;2*1-2/h8-12,21-22,24-25H,5-6H2,1-4,7H3;3-4H2,1-2H3;2*1-2H3. The molecule has 1 aromatic rings. The molecule has 0 amide bonds. The Labute approximate surface area is 214 Å². The number of hydrogen-bond acceptors (Lipinski definition) is 6. The third kappa shape index (κ3) is 11.1. The van der Waals surface area contributed by atoms with E-state index in [9.17, 15) is 10.3 Å². The monoisotopic (exact) mass is 490 g/mol. The number of aliphatic hydroxyl groups is 1. The lowest BCUT2D eigenvalue weighted by atomic mass is 9.79. The second kappa shape index (κ2) is 18.6. The highest BCUT2D eigenvalue weighted by atomic mass is 16.5. The predicted octanol–water partition coefficient (Wildman–Crippen LogP) is 7.85. The Kier molecular flexibility index (Phi) is 18.3. The molecule has 0 saturated carbocycles. The molecule has 0 spiro atoms. The molecule has 1 atom stereocenters. The van der Waals surface area contributed by atoms with Gasteiger partial charge in [0.05, 0.1) is 11.8 Å². The lowest BCUT2D eigenvalue weighted by Gasteiger charge is -2.33. The van der Waals surface area contributed by atoms with Crippen LogP contribution in [0.5, 0.6) is 0 Å². The van der Waals surface area contributed by atoms with E-state index in [1.807, 2.05) is 79.7 Å². The van der Waals surface area contributed by atoms with Crippen LogP contribution >= 0.6 is 0 Å². The molecule has 0 bridgehead atoms. The molecule has 1 aromatic carbocycles. The van der Waals surface area contributed by atoms with Crippen molar-refractivity contribution in [1.82, 2.24) is 5.32 Å². The van der Waals surface area contributed by atoms with Crippen molar-refractivity contribution in [3.63, 3.8) is 0 Å². The molecule has 3 N–H and O–H groups in total. The average Bonchev–Trinajstić information content (AvgIpc) is 2.81. The number of anilines is 1. The zero-order valence-electron chi connectivity index (χ0n) is 24.0. The second-order valence-corrected chi connectivity index (χ2v) is 7.78. The topological polar surface area (TPSA) is 74.2 Å². The molecule has 0 saturated heterocycles. The minimum absolute atomic E-state index is 0.00916. The fourth-order valence-corrected chi connectivity index (χ4v) is 3.54. The second-order valence-electron chi connectivity index (χ2n) is 7.78. The van der Waals surface area contributed by atoms with Crippen LogP contribution in [0.1, 0.15) is 80.2 Å². The number of dihydropyridines is 1. The van der Waals surface area contributed by atoms with Gasteiger partial charge in [0.25, 0.3) is 0 Å². The van der Waals surface area contributed by atoms with Gasteiger partial charge >= 0.3 is 0 Å². The molecule has 1 heterocycles. The summed E-state index contributed by atoms with van der Waals surface area (Å²) >= 11 is 0. The Bertz CT molecular complexity index is 837. The van der Waals surface area contributed by atoms with Crippen LogP contribution in [-0.4, -0.2) is 37.2 Å². The maximum Gasteiger partial charge on any atom is 0.118 e. The first kappa shape index (κ1) is 34.5. The summed E-state index contributed by atoms with van der Waals surface area (Å²) < 4.78 is 10.6. The Morgan fingerprint density at radius 1 is 1.09 bits per heavy atom. The summed E-state index contributed by atoms with van der Waals surface area (Å²) in [5, 5.41) is 24.4. The van der Waals surface area contributed by atoms with E-state index in [1.54, 1.807) is 14.2 Å². The van der Waals surface area contributed by atoms with Gasteiger partial charge in [-0.1, -0.05) is 59.9 Å². The predicted molar refractivity (Wildman–Crippen MR) is 150 cm³/mol. The molecule has 2 rings (SSSR count). The van der Waals surface area contributed by atoms with E-state index < -0.39 is 0 Å². The van der Waals surface area contributed by atoms with Crippen molar-refractivity contribution in [2.24, 2.45) is 0 Å². The van der Waals surface area contributed by atoms with E-state index >= 15 is 0 Å². The third-order valence-corrected chi connectivity index (χ3v) is 4.74. The van der Waals surface area contributed by atoms with Gasteiger partial charge in [-0.25, -0.2) is 0 Å². The number of nitrogens with zero attached hydrogens (tertiary/aromatic N) is 1. The minimum Gasteiger partial charge on any atom is -0.508 e. The molecule has 1 unspecified atom stereocenters. The molecule has 0 aliphatic carbocycles. The minimum atomic E-state index is -0.306. The van der Waals surface area contributed by atoms with E-state index in [-0.39, 0.29) is 17.8 Å². The molecule has 0 radical (unpaired) electrons. The van der Waals surface area contributed by atoms with Crippen molar-refractivity contribution < 1.29 is 19.8 Å². The molecule has 1 aliphatic heterocycles. The van der Waals surface area contributed by atoms with E-state index in [0.717, 1.165) is 40.6 Å². The number of rotatable bonds is 8. The summed E-state index contributed by atoms with van der Waals surface area (Å²) in [7, 11) is 3.28. The van der Waals surface area contributed by atoms with Crippen LogP contribution in [0, 0.1) is 0 Å². The highest BCUT2D eigenvalue weighted by Gasteiger charge is 2.33. The maximum absolute atomic E-state index is 10.3. The van der Waals surface area contributed by atoms with Crippen LogP contribution in [0.2, 0.25) is 0 Å². The van der Waals surface area contributed by atoms with Gasteiger partial charge in [0.2, 0.25) is 0 Å². The van der Waals surface area contributed by atoms with Crippen molar-refractivity contribution >= 4 is 5.69 Å². The van der Waals surface area contributed by atoms with Crippen molar-refractivity contribution in [1.29, 1.82) is 0 Å². The molecular formula is C29H50N2O4. The molecule has 0 aromatic heterocycles. The number of hydroxylamine groups is 1. The highest BCUT2D eigenvalue weighted by Crippen LogP contribution is 2.44. The quantitative estimate of drug-likeness (QED) is 0.254. The lowest BCUT2D eigenvalue weighted by molar-refractivity contribution is 0.153. The number of aliphatic hydroxyl groups excluding tert-OH is 1. The first-order valence-electron chi connectivity index (χ1n) is 12.5. The SMILES string of the molecule is C=C(O)C1=C(C)NC(C)=C(C(=C)OC(C)C)C1c1cccc(N(C)O)c1.CC.CC.CCCOC. The van der Waals surface area contributed by atoms with Gasteiger partial charge in [0.15, 0.2) is 0 Å². The van der Waals surface area contributed by atoms with Gasteiger partial charge in [-0.3, -0.25) is 10.3 Å². The molecular weight excluding hydrogens is 440 g/mol. The molecule has 1 aliphatic rings. The lowest BCUT2D eigenvalue weighted by Crippen LogP contribution is -2.27. The van der Waals surface area contributed by atoms with Crippen molar-refractivity contribution in [2.45, 2.75) is 80.8 Å². The first-order valence-corrected chi connectivity index (χ1v) is 12.5. The number of methoxy groups -OCH3 is 1. The van der Waals surface area contributed by atoms with E-state index in [1.165, 1.54) is 0 Å². The van der Waals surface area contributed by atoms with Crippen molar-refractivity contribution in [2.75, 3.05) is 25.8 Å². The summed E-state index contributed by atoms with van der Waals surface area (Å²) in [6.07, 6.45) is 1.10. The van der Waals surface area contributed by atoms with Crippen LogP contribution in [0.25, 0.3) is 0 Å². The van der Waals surface area contributed by atoms with Crippen LogP contribution in [0.4, 0.5) is 5.69 Å². The number of nitrogens with one attached hydrogen (secondary N) is 1. The number of benzene rings is 1. The summed E-state index contributed by atoms with van der Waals surface area (Å²) in [4.78, 5) is 0. The maximum atomic E-state index is 10.3. The summed E-state index contributed by atoms with van der Waals surface area (Å²) in [6, 6.07) is 7.51. The normalized spacial score (nSPS) is 14.4. The largest absolute Gasteiger partial charge is 0.508 e. The number of allylic oxidation sites excluding steroid dienone is 4. The molecule has 6 heteroatoms. The molecule has 200 valence electrons. The fraction of sp³-hybridized carbons (Fsp3) is 0.517. The Morgan fingerprint density at radius 3 is 2.03 bits per heavy atom. The van der Waals surface area contributed by atoms with Crippen LogP contribution in [-0.2, 0) is 9.47 Å². The van der Waals surface area contributed by atoms with E-state index in [4.69, 9.17) is 9.47 Å². The molecule has 6 nitrogen and oxygen atoms in total. The summed E-state index contributed by atoms with van der Waals surface area (Å²) in [6.45, 7) is 26.6. The van der Waals surface area contributed by atoms with Crippen LogP contribution < -0.4 is 10.4 Å². The average molecular weight is 491 g/mol. The van der Waals surface area contributed by atoms with Gasteiger partial charge in [-0.05, 0) is 51.8 Å². The zero-order valence-corrected chi connectivity index (χ0v) is 24.0. The van der Waals surface area contributed by atoms with Crippen molar-refractivity contribution in [3.05, 3.63) is 77.0 Å². The zero-order chi connectivity index (χ0) is 27.7. The van der Waals surface area contributed by atoms with E-state index in [0.29, 0.717) is 17.0 Å². The summed E-state index contributed by atoms with van der Waals surface area (Å²) in [5.74, 6) is 0.231. The smallest absolute Gasteiger partial charge is 0.118 e.